The van der Waals surface area contributed by atoms with Gasteiger partial charge in [0, 0.05) is 30.1 Å². The lowest BCUT2D eigenvalue weighted by molar-refractivity contribution is -0.137. The van der Waals surface area contributed by atoms with Gasteiger partial charge in [-0.2, -0.15) is 18.2 Å². The fourth-order valence-electron chi connectivity index (χ4n) is 3.16. The van der Waals surface area contributed by atoms with Gasteiger partial charge in [-0.15, -0.1) is 0 Å². The van der Waals surface area contributed by atoms with Gasteiger partial charge in [-0.3, -0.25) is 4.79 Å². The molecule has 0 aliphatic rings. The molecule has 0 bridgehead atoms. The van der Waals surface area contributed by atoms with E-state index in [2.05, 4.69) is 10.1 Å². The molecular weight excluding hydrogens is 423 g/mol. The number of aromatic nitrogens is 2. The van der Waals surface area contributed by atoms with Crippen LogP contribution in [0.2, 0.25) is 0 Å². The summed E-state index contributed by atoms with van der Waals surface area (Å²) in [6, 6.07) is 11.4. The van der Waals surface area contributed by atoms with Crippen LogP contribution in [0.1, 0.15) is 42.1 Å². The van der Waals surface area contributed by atoms with Gasteiger partial charge in [0.1, 0.15) is 5.75 Å². The highest BCUT2D eigenvalue weighted by molar-refractivity contribution is 5.94. The van der Waals surface area contributed by atoms with Crippen molar-refractivity contribution < 1.29 is 27.2 Å². The molecule has 3 rings (SSSR count). The molecule has 32 heavy (non-hydrogen) atoms. The Morgan fingerprint density at radius 3 is 2.53 bits per heavy atom. The molecule has 0 saturated heterocycles. The lowest BCUT2D eigenvalue weighted by Gasteiger charge is -2.28. The van der Waals surface area contributed by atoms with Gasteiger partial charge >= 0.3 is 6.18 Å². The number of carbonyl (C=O) groups is 1. The fourth-order valence-corrected chi connectivity index (χ4v) is 3.16. The topological polar surface area (TPSA) is 68.5 Å². The highest BCUT2D eigenvalue weighted by Gasteiger charge is 2.30. The molecule has 2 aromatic carbocycles. The van der Waals surface area contributed by atoms with E-state index in [-0.39, 0.29) is 24.1 Å². The summed E-state index contributed by atoms with van der Waals surface area (Å²) in [4.78, 5) is 19.0. The van der Waals surface area contributed by atoms with Crippen molar-refractivity contribution in [2.45, 2.75) is 38.9 Å². The van der Waals surface area contributed by atoms with Gasteiger partial charge in [0.2, 0.25) is 11.7 Å². The molecule has 0 aliphatic heterocycles. The number of ether oxygens (including phenoxy) is 1. The van der Waals surface area contributed by atoms with Crippen LogP contribution < -0.4 is 4.74 Å². The van der Waals surface area contributed by atoms with E-state index in [1.165, 1.54) is 12.1 Å². The molecule has 0 unspecified atom stereocenters. The normalized spacial score (nSPS) is 12.4. The average Bonchev–Trinajstić information content (AvgIpc) is 3.27. The molecule has 0 spiro atoms. The zero-order chi connectivity index (χ0) is 23.3. The van der Waals surface area contributed by atoms with Crippen LogP contribution >= 0.6 is 0 Å². The summed E-state index contributed by atoms with van der Waals surface area (Å²) in [5.41, 5.74) is 0.139. The number of hydrogen-bond donors (Lipinski definition) is 0. The molecule has 1 aromatic heterocycles. The number of amides is 1. The van der Waals surface area contributed by atoms with Crippen LogP contribution in [0.3, 0.4) is 0 Å². The second-order valence-corrected chi connectivity index (χ2v) is 7.32. The van der Waals surface area contributed by atoms with Crippen molar-refractivity contribution in [3.8, 4) is 17.1 Å². The zero-order valence-electron chi connectivity index (χ0n) is 18.0. The monoisotopic (exact) mass is 447 g/mol. The fraction of sp³-hybridized carbons (Fsp3) is 0.348. The first-order valence-electron chi connectivity index (χ1n) is 10.2. The molecule has 0 saturated carbocycles. The van der Waals surface area contributed by atoms with Crippen LogP contribution in [0, 0.1) is 0 Å². The van der Waals surface area contributed by atoms with E-state index in [1.54, 1.807) is 24.1 Å². The van der Waals surface area contributed by atoms with E-state index >= 15 is 0 Å². The quantitative estimate of drug-likeness (QED) is 0.472. The zero-order valence-corrected chi connectivity index (χ0v) is 18.0. The highest BCUT2D eigenvalue weighted by atomic mass is 19.4. The Morgan fingerprint density at radius 1 is 1.19 bits per heavy atom. The van der Waals surface area contributed by atoms with Gasteiger partial charge < -0.3 is 14.2 Å². The molecular formula is C23H24F3N3O3. The largest absolute Gasteiger partial charge is 0.497 e. The van der Waals surface area contributed by atoms with Crippen LogP contribution in [0.25, 0.3) is 11.4 Å². The molecule has 0 N–H and O–H groups in total. The molecule has 0 aliphatic carbocycles. The second kappa shape index (κ2) is 9.84. The summed E-state index contributed by atoms with van der Waals surface area (Å²) in [5, 5.41) is 3.99. The predicted octanol–water partition coefficient (Wildman–Crippen LogP) is 5.25. The van der Waals surface area contributed by atoms with Crippen LogP contribution in [-0.4, -0.2) is 40.6 Å². The molecule has 1 heterocycles. The summed E-state index contributed by atoms with van der Waals surface area (Å²) in [7, 11) is 1.57. The number of methoxy groups -OCH3 is 1. The first-order chi connectivity index (χ1) is 15.2. The molecule has 0 fully saturated rings. The maximum atomic E-state index is 13.0. The number of alkyl halides is 3. The van der Waals surface area contributed by atoms with Gasteiger partial charge in [0.25, 0.3) is 5.91 Å². The third-order valence-corrected chi connectivity index (χ3v) is 5.21. The van der Waals surface area contributed by atoms with E-state index in [0.29, 0.717) is 30.3 Å². The Kier molecular flexibility index (Phi) is 7.17. The van der Waals surface area contributed by atoms with Crippen LogP contribution in [0.15, 0.2) is 53.1 Å². The molecule has 0 radical (unpaired) electrons. The standard InChI is InChI=1S/C23H24F3N3O3/c1-4-15(2)29(22(30)16-8-10-18(11-9-16)23(24,25)26)13-12-20-27-21(28-32-20)17-6-5-7-19(14-17)31-3/h5-11,14-15H,4,12-13H2,1-3H3/t15-/m0/s1. The number of rotatable bonds is 8. The molecule has 3 aromatic rings. The minimum absolute atomic E-state index is 0.120. The van der Waals surface area contributed by atoms with Gasteiger partial charge in [0.05, 0.1) is 12.7 Å². The Bertz CT molecular complexity index is 1050. The Balaban J connectivity index is 1.72. The van der Waals surface area contributed by atoms with Crippen LogP contribution in [0.4, 0.5) is 13.2 Å². The number of nitrogens with zero attached hydrogens (tertiary/aromatic N) is 3. The maximum absolute atomic E-state index is 13.0. The van der Waals surface area contributed by atoms with Crippen molar-refractivity contribution >= 4 is 5.91 Å². The van der Waals surface area contributed by atoms with Gasteiger partial charge in [-0.05, 0) is 49.7 Å². The Labute approximate surface area is 184 Å². The number of benzene rings is 2. The van der Waals surface area contributed by atoms with Crippen molar-refractivity contribution in [3.63, 3.8) is 0 Å². The van der Waals surface area contributed by atoms with Crippen LogP contribution in [-0.2, 0) is 12.6 Å². The summed E-state index contributed by atoms with van der Waals surface area (Å²) in [6.07, 6.45) is -3.45. The summed E-state index contributed by atoms with van der Waals surface area (Å²) in [6.45, 7) is 4.11. The SMILES string of the molecule is CC[C@H](C)N(CCc1nc(-c2cccc(OC)c2)no1)C(=O)c1ccc(C(F)(F)F)cc1. The Morgan fingerprint density at radius 2 is 1.91 bits per heavy atom. The minimum atomic E-state index is -4.45. The summed E-state index contributed by atoms with van der Waals surface area (Å²) < 4.78 is 49.0. The minimum Gasteiger partial charge on any atom is -0.497 e. The lowest BCUT2D eigenvalue weighted by Crippen LogP contribution is -2.39. The number of carbonyl (C=O) groups excluding carboxylic acids is 1. The molecule has 9 heteroatoms. The molecule has 1 amide bonds. The van der Waals surface area contributed by atoms with Gasteiger partial charge in [-0.25, -0.2) is 0 Å². The summed E-state index contributed by atoms with van der Waals surface area (Å²) in [5.74, 6) is 1.08. The third-order valence-electron chi connectivity index (χ3n) is 5.21. The molecule has 170 valence electrons. The first-order valence-corrected chi connectivity index (χ1v) is 10.2. The van der Waals surface area contributed by atoms with Crippen molar-refractivity contribution in [2.75, 3.05) is 13.7 Å². The lowest BCUT2D eigenvalue weighted by atomic mass is 10.1. The van der Waals surface area contributed by atoms with Crippen molar-refractivity contribution in [3.05, 3.63) is 65.5 Å². The molecule has 6 nitrogen and oxygen atoms in total. The van der Waals surface area contributed by atoms with Crippen LogP contribution in [0.5, 0.6) is 5.75 Å². The van der Waals surface area contributed by atoms with Crippen molar-refractivity contribution in [1.29, 1.82) is 0 Å². The average molecular weight is 447 g/mol. The van der Waals surface area contributed by atoms with Crippen molar-refractivity contribution in [2.24, 2.45) is 0 Å². The van der Waals surface area contributed by atoms with Crippen molar-refractivity contribution in [1.82, 2.24) is 15.0 Å². The van der Waals surface area contributed by atoms with E-state index < -0.39 is 11.7 Å². The van der Waals surface area contributed by atoms with E-state index in [1.807, 2.05) is 26.0 Å². The third kappa shape index (κ3) is 5.46. The first kappa shape index (κ1) is 23.3. The van der Waals surface area contributed by atoms with Gasteiger partial charge in [0.15, 0.2) is 0 Å². The second-order valence-electron chi connectivity index (χ2n) is 7.32. The number of hydrogen-bond acceptors (Lipinski definition) is 5. The summed E-state index contributed by atoms with van der Waals surface area (Å²) >= 11 is 0. The maximum Gasteiger partial charge on any atom is 0.416 e. The highest BCUT2D eigenvalue weighted by Crippen LogP contribution is 2.29. The number of halogens is 3. The van der Waals surface area contributed by atoms with E-state index in [0.717, 1.165) is 17.7 Å². The molecule has 1 atom stereocenters. The van der Waals surface area contributed by atoms with E-state index in [4.69, 9.17) is 9.26 Å². The Hall–Kier alpha value is -3.36. The smallest absolute Gasteiger partial charge is 0.416 e. The predicted molar refractivity (Wildman–Crippen MR) is 112 cm³/mol. The van der Waals surface area contributed by atoms with Gasteiger partial charge in [-0.1, -0.05) is 24.2 Å². The van der Waals surface area contributed by atoms with E-state index in [9.17, 15) is 18.0 Å².